The standard InChI is InChI=1S/C9H8ClFO2/c10-5-1-2-6(11)7(8(5)12)9(13)3-4-9/h1-2,12-13H,3-4H2. The van der Waals surface area contributed by atoms with Crippen LogP contribution in [-0.2, 0) is 5.60 Å². The predicted molar refractivity (Wildman–Crippen MR) is 46.2 cm³/mol. The Morgan fingerprint density at radius 2 is 2.00 bits per heavy atom. The molecule has 1 aliphatic carbocycles. The van der Waals surface area contributed by atoms with E-state index < -0.39 is 11.4 Å². The molecule has 0 bridgehead atoms. The minimum Gasteiger partial charge on any atom is -0.506 e. The number of phenols is 1. The van der Waals surface area contributed by atoms with Gasteiger partial charge in [-0.3, -0.25) is 0 Å². The van der Waals surface area contributed by atoms with Crippen molar-refractivity contribution < 1.29 is 14.6 Å². The summed E-state index contributed by atoms with van der Waals surface area (Å²) >= 11 is 5.59. The smallest absolute Gasteiger partial charge is 0.143 e. The van der Waals surface area contributed by atoms with Gasteiger partial charge in [-0.25, -0.2) is 4.39 Å². The molecule has 1 aromatic carbocycles. The average molecular weight is 203 g/mol. The highest BCUT2D eigenvalue weighted by atomic mass is 35.5. The first-order valence-electron chi connectivity index (χ1n) is 3.94. The molecule has 4 heteroatoms. The van der Waals surface area contributed by atoms with E-state index in [1.807, 2.05) is 0 Å². The molecule has 0 aromatic heterocycles. The van der Waals surface area contributed by atoms with Gasteiger partial charge in [0.05, 0.1) is 16.2 Å². The highest BCUT2D eigenvalue weighted by molar-refractivity contribution is 6.32. The molecule has 0 atom stereocenters. The van der Waals surface area contributed by atoms with Crippen LogP contribution in [0.15, 0.2) is 12.1 Å². The third-order valence-electron chi connectivity index (χ3n) is 2.27. The Bertz CT molecular complexity index is 361. The van der Waals surface area contributed by atoms with Gasteiger partial charge in [0.25, 0.3) is 0 Å². The predicted octanol–water partition coefficient (Wildman–Crippen LogP) is 2.17. The maximum Gasteiger partial charge on any atom is 0.143 e. The van der Waals surface area contributed by atoms with Crippen molar-refractivity contribution >= 4 is 11.6 Å². The quantitative estimate of drug-likeness (QED) is 0.733. The van der Waals surface area contributed by atoms with Gasteiger partial charge < -0.3 is 10.2 Å². The highest BCUT2D eigenvalue weighted by Gasteiger charge is 2.46. The number of hydrogen-bond acceptors (Lipinski definition) is 2. The number of rotatable bonds is 1. The molecule has 0 heterocycles. The first-order chi connectivity index (χ1) is 6.04. The fourth-order valence-electron chi connectivity index (χ4n) is 1.35. The second-order valence-electron chi connectivity index (χ2n) is 3.28. The molecular formula is C9H8ClFO2. The molecule has 2 N–H and O–H groups in total. The maximum atomic E-state index is 13.2. The molecule has 0 amide bonds. The lowest BCUT2D eigenvalue weighted by molar-refractivity contribution is 0.143. The van der Waals surface area contributed by atoms with Gasteiger partial charge in [0.1, 0.15) is 11.6 Å². The third kappa shape index (κ3) is 1.28. The minimum absolute atomic E-state index is 0.0664. The van der Waals surface area contributed by atoms with Crippen LogP contribution in [0.1, 0.15) is 18.4 Å². The van der Waals surface area contributed by atoms with Crippen LogP contribution >= 0.6 is 11.6 Å². The second kappa shape index (κ2) is 2.59. The zero-order valence-corrected chi connectivity index (χ0v) is 7.48. The first kappa shape index (κ1) is 8.78. The van der Waals surface area contributed by atoms with Crippen LogP contribution in [0.2, 0.25) is 5.02 Å². The molecule has 0 aliphatic heterocycles. The molecule has 1 saturated carbocycles. The van der Waals surface area contributed by atoms with E-state index in [-0.39, 0.29) is 16.3 Å². The van der Waals surface area contributed by atoms with E-state index in [4.69, 9.17) is 11.6 Å². The summed E-state index contributed by atoms with van der Waals surface area (Å²) in [5.41, 5.74) is -1.26. The molecule has 0 saturated heterocycles. The third-order valence-corrected chi connectivity index (χ3v) is 2.57. The Hall–Kier alpha value is -0.800. The number of benzene rings is 1. The topological polar surface area (TPSA) is 40.5 Å². The van der Waals surface area contributed by atoms with E-state index in [2.05, 4.69) is 0 Å². The molecule has 1 fully saturated rings. The Morgan fingerprint density at radius 1 is 1.38 bits per heavy atom. The summed E-state index contributed by atoms with van der Waals surface area (Å²) in [6.07, 6.45) is 0.940. The lowest BCUT2D eigenvalue weighted by Gasteiger charge is -2.12. The SMILES string of the molecule is Oc1c(Cl)ccc(F)c1C1(O)CC1. The van der Waals surface area contributed by atoms with Gasteiger partial charge in [0.15, 0.2) is 0 Å². The Balaban J connectivity index is 2.61. The van der Waals surface area contributed by atoms with Crippen molar-refractivity contribution in [2.75, 3.05) is 0 Å². The summed E-state index contributed by atoms with van der Waals surface area (Å²) in [7, 11) is 0. The lowest BCUT2D eigenvalue weighted by Crippen LogP contribution is -2.07. The fourth-order valence-corrected chi connectivity index (χ4v) is 1.51. The van der Waals surface area contributed by atoms with Crippen LogP contribution < -0.4 is 0 Å². The van der Waals surface area contributed by atoms with E-state index in [0.717, 1.165) is 6.07 Å². The summed E-state index contributed by atoms with van der Waals surface area (Å²) in [6, 6.07) is 2.41. The molecule has 13 heavy (non-hydrogen) atoms. The summed E-state index contributed by atoms with van der Waals surface area (Å²) in [6.45, 7) is 0. The minimum atomic E-state index is -1.20. The van der Waals surface area contributed by atoms with Gasteiger partial charge >= 0.3 is 0 Å². The van der Waals surface area contributed by atoms with Crippen LogP contribution in [0.4, 0.5) is 4.39 Å². The van der Waals surface area contributed by atoms with Crippen molar-refractivity contribution in [3.63, 3.8) is 0 Å². The number of aromatic hydroxyl groups is 1. The fraction of sp³-hybridized carbons (Fsp3) is 0.333. The molecule has 1 aromatic rings. The van der Waals surface area contributed by atoms with Crippen molar-refractivity contribution in [2.45, 2.75) is 18.4 Å². The lowest BCUT2D eigenvalue weighted by atomic mass is 10.1. The highest BCUT2D eigenvalue weighted by Crippen LogP contribution is 2.50. The van der Waals surface area contributed by atoms with Crippen LogP contribution in [0.5, 0.6) is 5.75 Å². The van der Waals surface area contributed by atoms with Gasteiger partial charge in [-0.15, -0.1) is 0 Å². The van der Waals surface area contributed by atoms with E-state index in [0.29, 0.717) is 12.8 Å². The first-order valence-corrected chi connectivity index (χ1v) is 4.32. The Morgan fingerprint density at radius 3 is 2.54 bits per heavy atom. The molecule has 0 unspecified atom stereocenters. The van der Waals surface area contributed by atoms with Crippen molar-refractivity contribution in [1.82, 2.24) is 0 Å². The zero-order chi connectivity index (χ0) is 9.64. The average Bonchev–Trinajstić information content (AvgIpc) is 2.78. The van der Waals surface area contributed by atoms with E-state index in [1.54, 1.807) is 0 Å². The number of aliphatic hydroxyl groups is 1. The molecule has 2 rings (SSSR count). The van der Waals surface area contributed by atoms with Crippen LogP contribution in [0, 0.1) is 5.82 Å². The second-order valence-corrected chi connectivity index (χ2v) is 3.69. The summed E-state index contributed by atoms with van der Waals surface area (Å²) in [4.78, 5) is 0. The normalized spacial score (nSPS) is 18.7. The Kier molecular flexibility index (Phi) is 1.75. The van der Waals surface area contributed by atoms with Gasteiger partial charge in [0, 0.05) is 0 Å². The molecule has 0 spiro atoms. The van der Waals surface area contributed by atoms with Gasteiger partial charge in [-0.05, 0) is 25.0 Å². The number of phenolic OH excluding ortho intramolecular Hbond substituents is 1. The molecular weight excluding hydrogens is 195 g/mol. The summed E-state index contributed by atoms with van der Waals surface area (Å²) in [5, 5.41) is 19.1. The van der Waals surface area contributed by atoms with Crippen LogP contribution in [0.3, 0.4) is 0 Å². The monoisotopic (exact) mass is 202 g/mol. The van der Waals surface area contributed by atoms with Crippen molar-refractivity contribution in [3.8, 4) is 5.75 Å². The summed E-state index contributed by atoms with van der Waals surface area (Å²) in [5.74, 6) is -0.955. The van der Waals surface area contributed by atoms with Crippen LogP contribution in [-0.4, -0.2) is 10.2 Å². The van der Waals surface area contributed by atoms with Gasteiger partial charge in [-0.1, -0.05) is 11.6 Å². The van der Waals surface area contributed by atoms with Crippen molar-refractivity contribution in [3.05, 3.63) is 28.5 Å². The van der Waals surface area contributed by atoms with E-state index >= 15 is 0 Å². The van der Waals surface area contributed by atoms with Crippen molar-refractivity contribution in [1.29, 1.82) is 0 Å². The van der Waals surface area contributed by atoms with E-state index in [9.17, 15) is 14.6 Å². The molecule has 1 aliphatic rings. The Labute approximate surface area is 79.6 Å². The van der Waals surface area contributed by atoms with Crippen LogP contribution in [0.25, 0.3) is 0 Å². The largest absolute Gasteiger partial charge is 0.506 e. The van der Waals surface area contributed by atoms with Crippen molar-refractivity contribution in [2.24, 2.45) is 0 Å². The summed E-state index contributed by atoms with van der Waals surface area (Å²) < 4.78 is 13.2. The van der Waals surface area contributed by atoms with Gasteiger partial charge in [-0.2, -0.15) is 0 Å². The van der Waals surface area contributed by atoms with Gasteiger partial charge in [0.2, 0.25) is 0 Å². The molecule has 0 radical (unpaired) electrons. The van der Waals surface area contributed by atoms with E-state index in [1.165, 1.54) is 6.07 Å². The number of halogens is 2. The molecule has 2 nitrogen and oxygen atoms in total. The number of hydrogen-bond donors (Lipinski definition) is 2. The maximum absolute atomic E-state index is 13.2. The molecule has 70 valence electrons. The zero-order valence-electron chi connectivity index (χ0n) is 6.72.